The average molecular weight is 389 g/mol. The minimum Gasteiger partial charge on any atom is -0.475 e. The van der Waals surface area contributed by atoms with Crippen molar-refractivity contribution in [3.8, 4) is 11.3 Å². The van der Waals surface area contributed by atoms with E-state index in [1.165, 1.54) is 6.07 Å². The van der Waals surface area contributed by atoms with Crippen molar-refractivity contribution in [2.45, 2.75) is 19.1 Å². The van der Waals surface area contributed by atoms with Crippen LogP contribution in [0.25, 0.3) is 11.3 Å². The van der Waals surface area contributed by atoms with Gasteiger partial charge in [0.1, 0.15) is 5.82 Å². The fraction of sp³-hybridized carbons (Fsp3) is 0.412. The molecular formula is C17H19F4N3O3. The molecule has 0 radical (unpaired) electrons. The zero-order valence-corrected chi connectivity index (χ0v) is 14.3. The largest absolute Gasteiger partial charge is 0.490 e. The van der Waals surface area contributed by atoms with Gasteiger partial charge < -0.3 is 9.84 Å². The summed E-state index contributed by atoms with van der Waals surface area (Å²) in [5.41, 5.74) is 2.20. The van der Waals surface area contributed by atoms with E-state index in [0.29, 0.717) is 11.3 Å². The van der Waals surface area contributed by atoms with Crippen LogP contribution in [0.1, 0.15) is 12.1 Å². The number of ether oxygens (including phenoxy) is 1. The maximum atomic E-state index is 13.7. The number of nitrogens with one attached hydrogen (secondary N) is 1. The zero-order chi connectivity index (χ0) is 19.9. The number of halogens is 4. The van der Waals surface area contributed by atoms with E-state index in [0.717, 1.165) is 45.0 Å². The zero-order valence-electron chi connectivity index (χ0n) is 14.3. The average Bonchev–Trinajstić information content (AvgIpc) is 2.90. The van der Waals surface area contributed by atoms with E-state index in [1.807, 2.05) is 12.1 Å². The Morgan fingerprint density at radius 3 is 2.63 bits per heavy atom. The molecule has 148 valence electrons. The van der Waals surface area contributed by atoms with Crippen LogP contribution in [0.5, 0.6) is 0 Å². The second-order valence-corrected chi connectivity index (χ2v) is 5.80. The van der Waals surface area contributed by atoms with Crippen LogP contribution in [-0.2, 0) is 16.1 Å². The first-order valence-corrected chi connectivity index (χ1v) is 8.17. The molecule has 2 heterocycles. The first-order chi connectivity index (χ1) is 12.8. The van der Waals surface area contributed by atoms with Crippen molar-refractivity contribution in [2.24, 2.45) is 0 Å². The van der Waals surface area contributed by atoms with Gasteiger partial charge in [-0.3, -0.25) is 10.00 Å². The molecule has 3 rings (SSSR count). The lowest BCUT2D eigenvalue weighted by Crippen LogP contribution is -2.25. The fourth-order valence-corrected chi connectivity index (χ4v) is 2.45. The lowest BCUT2D eigenvalue weighted by Gasteiger charge is -2.17. The van der Waals surface area contributed by atoms with Gasteiger partial charge in [-0.25, -0.2) is 9.18 Å². The number of aliphatic carboxylic acids is 1. The molecule has 0 amide bonds. The number of benzene rings is 1. The van der Waals surface area contributed by atoms with Crippen molar-refractivity contribution < 1.29 is 32.2 Å². The smallest absolute Gasteiger partial charge is 0.475 e. The monoisotopic (exact) mass is 389 g/mol. The van der Waals surface area contributed by atoms with Crippen LogP contribution in [0.15, 0.2) is 30.3 Å². The Labute approximate surface area is 152 Å². The van der Waals surface area contributed by atoms with Crippen LogP contribution in [0.3, 0.4) is 0 Å². The van der Waals surface area contributed by atoms with Crippen molar-refractivity contribution in [2.75, 3.05) is 26.3 Å². The summed E-state index contributed by atoms with van der Waals surface area (Å²) in [5.74, 6) is -3.00. The first kappa shape index (κ1) is 20.8. The van der Waals surface area contributed by atoms with E-state index in [9.17, 15) is 17.6 Å². The summed E-state index contributed by atoms with van der Waals surface area (Å²) in [4.78, 5) is 11.2. The van der Waals surface area contributed by atoms with Crippen molar-refractivity contribution in [1.29, 1.82) is 0 Å². The molecule has 6 nitrogen and oxygen atoms in total. The molecule has 1 saturated heterocycles. The van der Waals surface area contributed by atoms with E-state index < -0.39 is 12.1 Å². The van der Waals surface area contributed by atoms with Gasteiger partial charge in [-0.05, 0) is 24.6 Å². The molecule has 2 N–H and O–H groups in total. The Hall–Kier alpha value is -2.46. The topological polar surface area (TPSA) is 78.5 Å². The van der Waals surface area contributed by atoms with E-state index in [2.05, 4.69) is 15.1 Å². The number of nitrogens with zero attached hydrogens (tertiary/aromatic N) is 2. The lowest BCUT2D eigenvalue weighted by molar-refractivity contribution is -0.192. The van der Waals surface area contributed by atoms with Crippen molar-refractivity contribution >= 4 is 5.97 Å². The van der Waals surface area contributed by atoms with Crippen LogP contribution in [0.4, 0.5) is 17.6 Å². The minimum absolute atomic E-state index is 0.242. The molecule has 0 bridgehead atoms. The van der Waals surface area contributed by atoms with Crippen LogP contribution >= 0.6 is 0 Å². The molecule has 1 aromatic carbocycles. The van der Waals surface area contributed by atoms with Gasteiger partial charge in [0.25, 0.3) is 0 Å². The predicted molar refractivity (Wildman–Crippen MR) is 88.4 cm³/mol. The standard InChI is InChI=1S/C15H18FN3O.C2HF3O2/c16-14-5-2-1-4-13(14)15-10-12(17-18-15)11-19-6-3-8-20-9-7-19;3-2(4,5)1(6)7/h1-2,4-5,10H,3,6-9,11H2,(H,17,18);(H,6,7). The molecule has 1 aromatic heterocycles. The second-order valence-electron chi connectivity index (χ2n) is 5.80. The highest BCUT2D eigenvalue weighted by Crippen LogP contribution is 2.21. The number of rotatable bonds is 3. The van der Waals surface area contributed by atoms with Crippen molar-refractivity contribution in [1.82, 2.24) is 15.1 Å². The fourth-order valence-electron chi connectivity index (χ4n) is 2.45. The van der Waals surface area contributed by atoms with Crippen molar-refractivity contribution in [3.05, 3.63) is 41.8 Å². The molecule has 0 spiro atoms. The summed E-state index contributed by atoms with van der Waals surface area (Å²) in [6.07, 6.45) is -4.03. The van der Waals surface area contributed by atoms with Gasteiger partial charge >= 0.3 is 12.1 Å². The molecule has 1 fully saturated rings. The highest BCUT2D eigenvalue weighted by atomic mass is 19.4. The number of carboxylic acid groups (broad SMARTS) is 1. The highest BCUT2D eigenvalue weighted by molar-refractivity contribution is 5.73. The van der Waals surface area contributed by atoms with Crippen molar-refractivity contribution in [3.63, 3.8) is 0 Å². The number of aromatic nitrogens is 2. The van der Waals surface area contributed by atoms with Gasteiger partial charge in [-0.15, -0.1) is 0 Å². The van der Waals surface area contributed by atoms with Crippen LogP contribution in [0.2, 0.25) is 0 Å². The summed E-state index contributed by atoms with van der Waals surface area (Å²) >= 11 is 0. The van der Waals surface area contributed by atoms with Crippen LogP contribution in [0, 0.1) is 5.82 Å². The lowest BCUT2D eigenvalue weighted by atomic mass is 10.1. The Kier molecular flexibility index (Phi) is 7.31. The summed E-state index contributed by atoms with van der Waals surface area (Å²) in [6, 6.07) is 8.62. The van der Waals surface area contributed by atoms with Gasteiger partial charge in [0.05, 0.1) is 12.3 Å². The SMILES string of the molecule is Fc1ccccc1-c1cc(CN2CCCOCC2)[nH]n1.O=C(O)C(F)(F)F. The number of H-pyrrole nitrogens is 1. The maximum absolute atomic E-state index is 13.7. The molecule has 1 aliphatic heterocycles. The molecular weight excluding hydrogens is 370 g/mol. The Morgan fingerprint density at radius 1 is 1.26 bits per heavy atom. The van der Waals surface area contributed by atoms with E-state index in [4.69, 9.17) is 14.6 Å². The maximum Gasteiger partial charge on any atom is 0.490 e. The van der Waals surface area contributed by atoms with Gasteiger partial charge in [0.15, 0.2) is 0 Å². The third-order valence-corrected chi connectivity index (χ3v) is 3.73. The number of carbonyl (C=O) groups is 1. The Morgan fingerprint density at radius 2 is 1.96 bits per heavy atom. The predicted octanol–water partition coefficient (Wildman–Crippen LogP) is 3.07. The molecule has 1 aliphatic rings. The third kappa shape index (κ3) is 6.65. The molecule has 0 aliphatic carbocycles. The summed E-state index contributed by atoms with van der Waals surface area (Å²) in [7, 11) is 0. The number of aromatic amines is 1. The van der Waals surface area contributed by atoms with Gasteiger partial charge in [0, 0.05) is 37.5 Å². The Bertz CT molecular complexity index is 741. The molecule has 0 atom stereocenters. The third-order valence-electron chi connectivity index (χ3n) is 3.73. The molecule has 0 saturated carbocycles. The normalized spacial score (nSPS) is 15.6. The minimum atomic E-state index is -5.08. The summed E-state index contributed by atoms with van der Waals surface area (Å²) < 4.78 is 50.9. The Balaban J connectivity index is 0.000000321. The summed E-state index contributed by atoms with van der Waals surface area (Å²) in [6.45, 7) is 4.35. The van der Waals surface area contributed by atoms with E-state index in [-0.39, 0.29) is 5.82 Å². The molecule has 27 heavy (non-hydrogen) atoms. The number of alkyl halides is 3. The highest BCUT2D eigenvalue weighted by Gasteiger charge is 2.38. The first-order valence-electron chi connectivity index (χ1n) is 8.17. The van der Waals surface area contributed by atoms with Crippen LogP contribution in [-0.4, -0.2) is 58.7 Å². The van der Waals surface area contributed by atoms with Gasteiger partial charge in [0.2, 0.25) is 0 Å². The number of hydrogen-bond acceptors (Lipinski definition) is 4. The number of hydrogen-bond donors (Lipinski definition) is 2. The molecule has 0 unspecified atom stereocenters. The van der Waals surface area contributed by atoms with Gasteiger partial charge in [-0.1, -0.05) is 12.1 Å². The van der Waals surface area contributed by atoms with E-state index in [1.54, 1.807) is 12.1 Å². The molecule has 2 aromatic rings. The van der Waals surface area contributed by atoms with Crippen LogP contribution < -0.4 is 0 Å². The van der Waals surface area contributed by atoms with Gasteiger partial charge in [-0.2, -0.15) is 18.3 Å². The quantitative estimate of drug-likeness (QED) is 0.789. The van der Waals surface area contributed by atoms with E-state index >= 15 is 0 Å². The number of carboxylic acids is 1. The summed E-state index contributed by atoms with van der Waals surface area (Å²) in [5, 5.41) is 14.3. The molecule has 10 heteroatoms. The second kappa shape index (κ2) is 9.47.